The SMILES string of the molecule is Cc1ccc(-c2cncc(CN3CCC(F)(F)C3)c2)ccc(-c2nc3c(-c4ccsc4)cncc3[nH]2)n[nH]1. The second-order valence-electron chi connectivity index (χ2n) is 9.49. The number of aromatic amines is 2. The number of imidazole rings is 1. The molecule has 5 aromatic rings. The quantitative estimate of drug-likeness (QED) is 0.275. The molecule has 6 rings (SSSR count). The average Bonchev–Trinajstić information content (AvgIpc) is 3.65. The summed E-state index contributed by atoms with van der Waals surface area (Å²) in [6.45, 7) is 2.54. The van der Waals surface area contributed by atoms with E-state index in [0.717, 1.165) is 44.5 Å². The third-order valence-corrected chi connectivity index (χ3v) is 7.22. The van der Waals surface area contributed by atoms with Crippen molar-refractivity contribution in [1.82, 2.24) is 35.0 Å². The van der Waals surface area contributed by atoms with Crippen LogP contribution in [0, 0.1) is 6.92 Å². The summed E-state index contributed by atoms with van der Waals surface area (Å²) in [7, 11) is 0. The number of hydrogen-bond acceptors (Lipinski definition) is 6. The van der Waals surface area contributed by atoms with Crippen LogP contribution < -0.4 is 0 Å². The number of hydrogen-bond donors (Lipinski definition) is 2. The summed E-state index contributed by atoms with van der Waals surface area (Å²) in [6.07, 6.45) is 7.01. The zero-order valence-corrected chi connectivity index (χ0v) is 21.5. The molecule has 0 saturated carbocycles. The molecule has 10 heteroatoms. The molecule has 0 aliphatic carbocycles. The number of alkyl halides is 2. The number of H-pyrrole nitrogens is 2. The Morgan fingerprint density at radius 2 is 1.87 bits per heavy atom. The first-order chi connectivity index (χ1) is 18.4. The Morgan fingerprint density at radius 3 is 2.68 bits per heavy atom. The molecule has 0 bridgehead atoms. The molecule has 7 nitrogen and oxygen atoms in total. The van der Waals surface area contributed by atoms with Crippen LogP contribution in [0.4, 0.5) is 8.78 Å². The second kappa shape index (κ2) is 10.0. The third-order valence-electron chi connectivity index (χ3n) is 6.54. The topological polar surface area (TPSA) is 86.4 Å². The van der Waals surface area contributed by atoms with Gasteiger partial charge < -0.3 is 4.98 Å². The zero-order valence-electron chi connectivity index (χ0n) is 20.7. The monoisotopic (exact) mass is 529 g/mol. The summed E-state index contributed by atoms with van der Waals surface area (Å²) in [5, 5.41) is 11.8. The standard InChI is InChI=1S/C28H25F2N7S/c1-18-2-3-20(22-10-19(11-31-12-22)15-37-8-7-28(29,30)17-37)4-5-24(36-35-18)27-33-25-14-32-13-23(26(25)34-27)21-6-9-38-16-21/h2-6,9-14,16,35H,7-8,15,17H2,1H3,(H,33,34). The van der Waals surface area contributed by atoms with E-state index in [1.165, 1.54) is 0 Å². The number of nitrogens with one attached hydrogen (secondary N) is 2. The summed E-state index contributed by atoms with van der Waals surface area (Å²) in [5.41, 5.74) is 7.87. The van der Waals surface area contributed by atoms with E-state index in [9.17, 15) is 8.78 Å². The molecule has 0 radical (unpaired) electrons. The molecule has 0 spiro atoms. The summed E-state index contributed by atoms with van der Waals surface area (Å²) >= 11 is 1.63. The van der Waals surface area contributed by atoms with Gasteiger partial charge in [-0.15, -0.1) is 0 Å². The fraction of sp³-hybridized carbons (Fsp3) is 0.214. The van der Waals surface area contributed by atoms with Gasteiger partial charge in [-0.1, -0.05) is 12.1 Å². The van der Waals surface area contributed by atoms with Crippen LogP contribution in [-0.4, -0.2) is 54.0 Å². The van der Waals surface area contributed by atoms with Crippen molar-refractivity contribution in [3.05, 3.63) is 83.2 Å². The fourth-order valence-electron chi connectivity index (χ4n) is 4.60. The highest BCUT2D eigenvalue weighted by atomic mass is 32.1. The van der Waals surface area contributed by atoms with Crippen LogP contribution in [0.5, 0.6) is 0 Å². The molecule has 38 heavy (non-hydrogen) atoms. The lowest BCUT2D eigenvalue weighted by Crippen LogP contribution is -2.24. The van der Waals surface area contributed by atoms with Crippen molar-refractivity contribution in [2.24, 2.45) is 0 Å². The lowest BCUT2D eigenvalue weighted by Gasteiger charge is -2.15. The maximum Gasteiger partial charge on any atom is 0.261 e. The van der Waals surface area contributed by atoms with Gasteiger partial charge in [-0.2, -0.15) is 16.4 Å². The highest BCUT2D eigenvalue weighted by molar-refractivity contribution is 7.08. The third kappa shape index (κ3) is 5.18. The van der Waals surface area contributed by atoms with Crippen molar-refractivity contribution in [3.8, 4) is 33.8 Å². The van der Waals surface area contributed by atoms with Crippen molar-refractivity contribution >= 4 is 22.4 Å². The van der Waals surface area contributed by atoms with Crippen molar-refractivity contribution in [2.75, 3.05) is 13.1 Å². The normalized spacial score (nSPS) is 15.1. The Balaban J connectivity index is 1.37. The highest BCUT2D eigenvalue weighted by Crippen LogP contribution is 2.30. The molecule has 0 unspecified atom stereocenters. The van der Waals surface area contributed by atoms with Crippen molar-refractivity contribution in [1.29, 1.82) is 0 Å². The van der Waals surface area contributed by atoms with Crippen LogP contribution in [0.15, 0.2) is 71.9 Å². The van der Waals surface area contributed by atoms with Crippen molar-refractivity contribution in [2.45, 2.75) is 25.8 Å². The molecular weight excluding hydrogens is 504 g/mol. The number of rotatable bonds is 5. The fourth-order valence-corrected chi connectivity index (χ4v) is 5.26. The van der Waals surface area contributed by atoms with Gasteiger partial charge in [0.05, 0.1) is 18.3 Å². The Bertz CT molecular complexity index is 1640. The van der Waals surface area contributed by atoms with E-state index in [-0.39, 0.29) is 13.0 Å². The first-order valence-corrected chi connectivity index (χ1v) is 13.2. The maximum atomic E-state index is 13.7. The number of likely N-dealkylation sites (tertiary alicyclic amines) is 1. The number of fused-ring (bicyclic) bond motifs is 1. The van der Waals surface area contributed by atoms with Gasteiger partial charge in [0.1, 0.15) is 11.2 Å². The second-order valence-corrected chi connectivity index (χ2v) is 10.3. The molecule has 6 heterocycles. The number of aryl methyl sites for hydroxylation is 1. The zero-order chi connectivity index (χ0) is 26.1. The number of nitrogens with zero attached hydrogens (tertiary/aromatic N) is 5. The molecule has 0 atom stereocenters. The van der Waals surface area contributed by atoms with Gasteiger partial charge in [0.15, 0.2) is 5.82 Å². The predicted octanol–water partition coefficient (Wildman–Crippen LogP) is 6.41. The molecule has 2 N–H and O–H groups in total. The number of thiophene rings is 1. The predicted molar refractivity (Wildman–Crippen MR) is 145 cm³/mol. The summed E-state index contributed by atoms with van der Waals surface area (Å²) in [4.78, 5) is 18.8. The minimum Gasteiger partial charge on any atom is -0.335 e. The van der Waals surface area contributed by atoms with Crippen molar-refractivity contribution < 1.29 is 8.78 Å². The van der Waals surface area contributed by atoms with Gasteiger partial charge in [-0.3, -0.25) is 20.0 Å². The van der Waals surface area contributed by atoms with Crippen LogP contribution in [0.3, 0.4) is 0 Å². The first-order valence-electron chi connectivity index (χ1n) is 12.3. The Labute approximate surface area is 222 Å². The van der Waals surface area contributed by atoms with E-state index in [2.05, 4.69) is 36.6 Å². The van der Waals surface area contributed by atoms with Gasteiger partial charge in [-0.05, 0) is 58.6 Å². The smallest absolute Gasteiger partial charge is 0.261 e. The van der Waals surface area contributed by atoms with Crippen molar-refractivity contribution in [3.63, 3.8) is 0 Å². The summed E-state index contributed by atoms with van der Waals surface area (Å²) in [5.74, 6) is -2.00. The van der Waals surface area contributed by atoms with E-state index in [0.29, 0.717) is 24.6 Å². The van der Waals surface area contributed by atoms with E-state index in [1.54, 1.807) is 34.8 Å². The van der Waals surface area contributed by atoms with Gasteiger partial charge in [-0.25, -0.2) is 13.8 Å². The molecular formula is C28H25F2N7S. The van der Waals surface area contributed by atoms with Gasteiger partial charge >= 0.3 is 0 Å². The minimum absolute atomic E-state index is 0.0974. The van der Waals surface area contributed by atoms with Gasteiger partial charge in [0, 0.05) is 54.9 Å². The van der Waals surface area contributed by atoms with E-state index < -0.39 is 5.92 Å². The van der Waals surface area contributed by atoms with Crippen LogP contribution >= 0.6 is 11.3 Å². The van der Waals surface area contributed by atoms with Gasteiger partial charge in [0.25, 0.3) is 5.92 Å². The largest absolute Gasteiger partial charge is 0.335 e. The van der Waals surface area contributed by atoms with E-state index in [4.69, 9.17) is 4.98 Å². The lowest BCUT2D eigenvalue weighted by atomic mass is 10.1. The van der Waals surface area contributed by atoms with Crippen LogP contribution in [-0.2, 0) is 6.54 Å². The van der Waals surface area contributed by atoms with Gasteiger partial charge in [0.2, 0.25) is 0 Å². The number of halogens is 2. The minimum atomic E-state index is -2.61. The van der Waals surface area contributed by atoms with Crippen LogP contribution in [0.1, 0.15) is 17.7 Å². The Kier molecular flexibility index (Phi) is 6.42. The molecule has 192 valence electrons. The molecule has 5 aromatic heterocycles. The average molecular weight is 530 g/mol. The summed E-state index contributed by atoms with van der Waals surface area (Å²) < 4.78 is 27.3. The molecule has 1 saturated heterocycles. The van der Waals surface area contributed by atoms with E-state index >= 15 is 0 Å². The molecule has 0 amide bonds. The molecule has 0 aromatic carbocycles. The lowest BCUT2D eigenvalue weighted by molar-refractivity contribution is 0.0115. The number of pyridine rings is 2. The molecule has 1 aliphatic rings. The number of aromatic nitrogens is 6. The Hall–Kier alpha value is -4.02. The summed E-state index contributed by atoms with van der Waals surface area (Å²) in [6, 6.07) is 11.8. The highest BCUT2D eigenvalue weighted by Gasteiger charge is 2.37. The molecule has 1 aliphatic heterocycles. The van der Waals surface area contributed by atoms with Crippen LogP contribution in [0.2, 0.25) is 0 Å². The molecule has 1 fully saturated rings. The maximum absolute atomic E-state index is 13.7. The Morgan fingerprint density at radius 1 is 1.00 bits per heavy atom. The first kappa shape index (κ1) is 24.3. The van der Waals surface area contributed by atoms with Crippen LogP contribution in [0.25, 0.3) is 44.8 Å². The van der Waals surface area contributed by atoms with E-state index in [1.807, 2.05) is 48.8 Å².